The van der Waals surface area contributed by atoms with E-state index in [-0.39, 0.29) is 11.9 Å². The third-order valence-corrected chi connectivity index (χ3v) is 4.24. The number of nitrogens with zero attached hydrogens (tertiary/aromatic N) is 1. The Kier molecular flexibility index (Phi) is 4.39. The molecule has 1 amide bonds. The fourth-order valence-corrected chi connectivity index (χ4v) is 2.84. The van der Waals surface area contributed by atoms with E-state index in [1.165, 1.54) is 4.88 Å². The molecule has 4 nitrogen and oxygen atoms in total. The van der Waals surface area contributed by atoms with E-state index >= 15 is 0 Å². The molecule has 0 saturated heterocycles. The Morgan fingerprint density at radius 2 is 2.20 bits per heavy atom. The number of aryl methyl sites for hydroxylation is 2. The lowest BCUT2D eigenvalue weighted by Crippen LogP contribution is -2.26. The quantitative estimate of drug-likeness (QED) is 0.909. The predicted octanol–water partition coefficient (Wildman–Crippen LogP) is 3.09. The molecule has 106 valence electrons. The number of nitrogens with one attached hydrogen (secondary N) is 1. The summed E-state index contributed by atoms with van der Waals surface area (Å²) in [5.74, 6) is 0.265. The average Bonchev–Trinajstić information content (AvgIpc) is 2.84. The zero-order chi connectivity index (χ0) is 14.7. The topological polar surface area (TPSA) is 68.0 Å². The minimum absolute atomic E-state index is 0.0133. The van der Waals surface area contributed by atoms with E-state index in [9.17, 15) is 4.79 Å². The van der Waals surface area contributed by atoms with Crippen LogP contribution in [0.25, 0.3) is 0 Å². The zero-order valence-corrected chi connectivity index (χ0v) is 12.8. The van der Waals surface area contributed by atoms with Crippen LogP contribution in [0.1, 0.15) is 45.7 Å². The number of hydrogen-bond acceptors (Lipinski definition) is 4. The summed E-state index contributed by atoms with van der Waals surface area (Å²) >= 11 is 1.69. The van der Waals surface area contributed by atoms with Gasteiger partial charge in [0.15, 0.2) is 0 Å². The molecule has 5 heteroatoms. The Hall–Kier alpha value is -1.88. The van der Waals surface area contributed by atoms with Crippen LogP contribution in [0.5, 0.6) is 0 Å². The molecule has 0 fully saturated rings. The maximum Gasteiger partial charge on any atom is 0.251 e. The van der Waals surface area contributed by atoms with E-state index in [0.29, 0.717) is 11.4 Å². The van der Waals surface area contributed by atoms with Gasteiger partial charge in [0.1, 0.15) is 5.82 Å². The lowest BCUT2D eigenvalue weighted by atomic mass is 10.1. The summed E-state index contributed by atoms with van der Waals surface area (Å²) in [6.07, 6.45) is 0.755. The summed E-state index contributed by atoms with van der Waals surface area (Å²) < 4.78 is 0. The molecule has 2 rings (SSSR count). The molecule has 0 aliphatic carbocycles. The first-order chi connectivity index (χ1) is 9.49. The molecule has 0 aliphatic heterocycles. The molecule has 1 atom stereocenters. The van der Waals surface area contributed by atoms with Crippen LogP contribution in [0.2, 0.25) is 0 Å². The smallest absolute Gasteiger partial charge is 0.251 e. The number of carbonyl (C=O) groups excluding carboxylic acids is 1. The number of carbonyl (C=O) groups is 1. The van der Waals surface area contributed by atoms with Gasteiger partial charge in [-0.05, 0) is 44.5 Å². The molecule has 2 aromatic heterocycles. The van der Waals surface area contributed by atoms with E-state index < -0.39 is 0 Å². The van der Waals surface area contributed by atoms with Gasteiger partial charge in [0.05, 0.1) is 6.04 Å². The van der Waals surface area contributed by atoms with E-state index in [1.807, 2.05) is 19.9 Å². The molecule has 20 heavy (non-hydrogen) atoms. The standard InChI is InChI=1S/C15H19N3OS/c1-4-12-7-11(8-14(16)18-12)15(19)17-10(3)13-6-5-9(2)20-13/h5-8,10H,4H2,1-3H3,(H2,16,18)(H,17,19). The number of hydrogen-bond donors (Lipinski definition) is 2. The maximum atomic E-state index is 12.3. The van der Waals surface area contributed by atoms with Gasteiger partial charge in [-0.3, -0.25) is 4.79 Å². The molecular formula is C15H19N3OS. The number of amides is 1. The van der Waals surface area contributed by atoms with Gasteiger partial charge >= 0.3 is 0 Å². The van der Waals surface area contributed by atoms with E-state index in [2.05, 4.69) is 23.3 Å². The molecule has 0 spiro atoms. The molecule has 0 aromatic carbocycles. The highest BCUT2D eigenvalue weighted by molar-refractivity contribution is 7.12. The summed E-state index contributed by atoms with van der Waals surface area (Å²) in [5.41, 5.74) is 7.12. The van der Waals surface area contributed by atoms with Crippen LogP contribution in [0.4, 0.5) is 5.82 Å². The molecular weight excluding hydrogens is 270 g/mol. The number of thiophene rings is 1. The van der Waals surface area contributed by atoms with Gasteiger partial charge in [-0.15, -0.1) is 11.3 Å². The second kappa shape index (κ2) is 6.05. The molecule has 0 aliphatic rings. The van der Waals surface area contributed by atoms with Crippen molar-refractivity contribution in [2.75, 3.05) is 5.73 Å². The van der Waals surface area contributed by atoms with Crippen molar-refractivity contribution in [3.63, 3.8) is 0 Å². The number of rotatable bonds is 4. The van der Waals surface area contributed by atoms with Crippen LogP contribution in [-0.4, -0.2) is 10.9 Å². The van der Waals surface area contributed by atoms with Crippen molar-refractivity contribution in [2.24, 2.45) is 0 Å². The zero-order valence-electron chi connectivity index (χ0n) is 11.9. The summed E-state index contributed by atoms with van der Waals surface area (Å²) in [6, 6.07) is 7.49. The van der Waals surface area contributed by atoms with Crippen molar-refractivity contribution in [1.29, 1.82) is 0 Å². The lowest BCUT2D eigenvalue weighted by molar-refractivity contribution is 0.0940. The highest BCUT2D eigenvalue weighted by atomic mass is 32.1. The van der Waals surface area contributed by atoms with E-state index in [0.717, 1.165) is 17.0 Å². The molecule has 2 aromatic rings. The minimum Gasteiger partial charge on any atom is -0.384 e. The Balaban J connectivity index is 2.13. The molecule has 0 saturated carbocycles. The predicted molar refractivity (Wildman–Crippen MR) is 83.0 cm³/mol. The van der Waals surface area contributed by atoms with Crippen LogP contribution >= 0.6 is 11.3 Å². The van der Waals surface area contributed by atoms with Crippen molar-refractivity contribution >= 4 is 23.1 Å². The van der Waals surface area contributed by atoms with Crippen LogP contribution in [0, 0.1) is 6.92 Å². The number of pyridine rings is 1. The Labute approximate surface area is 123 Å². The van der Waals surface area contributed by atoms with Crippen LogP contribution in [0.3, 0.4) is 0 Å². The van der Waals surface area contributed by atoms with Crippen LogP contribution < -0.4 is 11.1 Å². The first kappa shape index (κ1) is 14.5. The first-order valence-corrected chi connectivity index (χ1v) is 7.45. The normalized spacial score (nSPS) is 12.2. The van der Waals surface area contributed by atoms with Crippen molar-refractivity contribution in [2.45, 2.75) is 33.2 Å². The second-order valence-corrected chi connectivity index (χ2v) is 6.09. The van der Waals surface area contributed by atoms with Gasteiger partial charge in [0, 0.05) is 21.0 Å². The number of nitrogen functional groups attached to an aromatic ring is 1. The van der Waals surface area contributed by atoms with Gasteiger partial charge in [0.2, 0.25) is 0 Å². The highest BCUT2D eigenvalue weighted by Crippen LogP contribution is 2.22. The average molecular weight is 289 g/mol. The van der Waals surface area contributed by atoms with Crippen molar-refractivity contribution in [3.8, 4) is 0 Å². The fourth-order valence-electron chi connectivity index (χ4n) is 1.96. The lowest BCUT2D eigenvalue weighted by Gasteiger charge is -2.13. The third kappa shape index (κ3) is 3.36. The molecule has 0 bridgehead atoms. The van der Waals surface area contributed by atoms with Gasteiger partial charge in [0.25, 0.3) is 5.91 Å². The summed E-state index contributed by atoms with van der Waals surface area (Å²) in [6.45, 7) is 6.02. The summed E-state index contributed by atoms with van der Waals surface area (Å²) in [7, 11) is 0. The van der Waals surface area contributed by atoms with Crippen LogP contribution in [0.15, 0.2) is 24.3 Å². The third-order valence-electron chi connectivity index (χ3n) is 3.06. The molecule has 1 unspecified atom stereocenters. The minimum atomic E-state index is -0.118. The first-order valence-electron chi connectivity index (χ1n) is 6.63. The van der Waals surface area contributed by atoms with Gasteiger partial charge in [-0.25, -0.2) is 4.98 Å². The SMILES string of the molecule is CCc1cc(C(=O)NC(C)c2ccc(C)s2)cc(N)n1. The van der Waals surface area contributed by atoms with Crippen LogP contribution in [-0.2, 0) is 6.42 Å². The van der Waals surface area contributed by atoms with Crippen molar-refractivity contribution < 1.29 is 4.79 Å². The van der Waals surface area contributed by atoms with Gasteiger partial charge < -0.3 is 11.1 Å². The monoisotopic (exact) mass is 289 g/mol. The number of nitrogens with two attached hydrogens (primary N) is 1. The second-order valence-electron chi connectivity index (χ2n) is 4.77. The molecule has 2 heterocycles. The van der Waals surface area contributed by atoms with Gasteiger partial charge in [-0.1, -0.05) is 6.92 Å². The Bertz CT molecular complexity index is 621. The van der Waals surface area contributed by atoms with Gasteiger partial charge in [-0.2, -0.15) is 0 Å². The van der Waals surface area contributed by atoms with E-state index in [4.69, 9.17) is 5.73 Å². The molecule has 0 radical (unpaired) electrons. The fraction of sp³-hybridized carbons (Fsp3) is 0.333. The summed E-state index contributed by atoms with van der Waals surface area (Å²) in [5, 5.41) is 2.99. The maximum absolute atomic E-state index is 12.3. The molecule has 3 N–H and O–H groups in total. The van der Waals surface area contributed by atoms with Crippen molar-refractivity contribution in [3.05, 3.63) is 45.3 Å². The summed E-state index contributed by atoms with van der Waals surface area (Å²) in [4.78, 5) is 18.8. The Morgan fingerprint density at radius 3 is 2.80 bits per heavy atom. The van der Waals surface area contributed by atoms with Crippen molar-refractivity contribution in [1.82, 2.24) is 10.3 Å². The van der Waals surface area contributed by atoms with E-state index in [1.54, 1.807) is 23.5 Å². The Morgan fingerprint density at radius 1 is 1.45 bits per heavy atom. The number of aromatic nitrogens is 1. The largest absolute Gasteiger partial charge is 0.384 e. The highest BCUT2D eigenvalue weighted by Gasteiger charge is 2.14. The number of anilines is 1.